The number of carbonyl (C=O) groups excluding carboxylic acids is 2. The SMILES string of the molecule is COC1(C(=O)N2CCC[C@H]2C(=O)NCc2cc(Cl)ccc2CN)CCc2cccnc21. The van der Waals surface area contributed by atoms with Gasteiger partial charge in [-0.2, -0.15) is 0 Å². The number of hydrogen-bond donors (Lipinski definition) is 2. The number of ether oxygens (including phenoxy) is 1. The lowest BCUT2D eigenvalue weighted by atomic mass is 9.97. The zero-order valence-electron chi connectivity index (χ0n) is 17.6. The first-order valence-electron chi connectivity index (χ1n) is 10.6. The fraction of sp³-hybridized carbons (Fsp3) is 0.435. The molecule has 7 nitrogen and oxygen atoms in total. The Bertz CT molecular complexity index is 999. The molecule has 2 aliphatic rings. The highest BCUT2D eigenvalue weighted by Gasteiger charge is 2.51. The number of pyridine rings is 1. The van der Waals surface area contributed by atoms with Gasteiger partial charge in [0.1, 0.15) is 6.04 Å². The minimum absolute atomic E-state index is 0.181. The molecule has 2 heterocycles. The number of halogens is 1. The molecule has 0 radical (unpaired) electrons. The van der Waals surface area contributed by atoms with Crippen molar-refractivity contribution < 1.29 is 14.3 Å². The van der Waals surface area contributed by atoms with E-state index in [0.29, 0.717) is 43.2 Å². The highest BCUT2D eigenvalue weighted by atomic mass is 35.5. The molecule has 0 saturated carbocycles. The lowest BCUT2D eigenvalue weighted by Gasteiger charge is -2.34. The van der Waals surface area contributed by atoms with Crippen molar-refractivity contribution in [2.24, 2.45) is 5.73 Å². The lowest BCUT2D eigenvalue weighted by molar-refractivity contribution is -0.159. The Morgan fingerprint density at radius 2 is 2.19 bits per heavy atom. The van der Waals surface area contributed by atoms with E-state index in [1.807, 2.05) is 24.3 Å². The number of rotatable bonds is 6. The molecule has 2 aromatic rings. The van der Waals surface area contributed by atoms with Crippen LogP contribution in [-0.2, 0) is 39.4 Å². The smallest absolute Gasteiger partial charge is 0.261 e. The van der Waals surface area contributed by atoms with Gasteiger partial charge >= 0.3 is 0 Å². The maximum atomic E-state index is 13.6. The molecule has 164 valence electrons. The zero-order chi connectivity index (χ0) is 22.0. The van der Waals surface area contributed by atoms with Crippen LogP contribution in [0.25, 0.3) is 0 Å². The number of methoxy groups -OCH3 is 1. The maximum Gasteiger partial charge on any atom is 0.261 e. The number of likely N-dealkylation sites (tertiary alicyclic amines) is 1. The van der Waals surface area contributed by atoms with Crippen molar-refractivity contribution in [1.29, 1.82) is 0 Å². The maximum absolute atomic E-state index is 13.6. The molecular formula is C23H27ClN4O3. The van der Waals surface area contributed by atoms with Crippen molar-refractivity contribution in [2.45, 2.75) is 50.4 Å². The van der Waals surface area contributed by atoms with Crippen LogP contribution < -0.4 is 11.1 Å². The second-order valence-electron chi connectivity index (χ2n) is 8.03. The fourth-order valence-electron chi connectivity index (χ4n) is 4.70. The van der Waals surface area contributed by atoms with Crippen molar-refractivity contribution >= 4 is 23.4 Å². The first-order chi connectivity index (χ1) is 15.0. The summed E-state index contributed by atoms with van der Waals surface area (Å²) in [6.07, 6.45) is 4.32. The van der Waals surface area contributed by atoms with Gasteiger partial charge in [0.05, 0.1) is 5.69 Å². The van der Waals surface area contributed by atoms with Crippen molar-refractivity contribution in [3.05, 3.63) is 63.9 Å². The average molecular weight is 443 g/mol. The summed E-state index contributed by atoms with van der Waals surface area (Å²) in [5.74, 6) is -0.366. The summed E-state index contributed by atoms with van der Waals surface area (Å²) in [5.41, 5.74) is 8.17. The molecule has 0 spiro atoms. The Hall–Kier alpha value is -2.48. The highest BCUT2D eigenvalue weighted by Crippen LogP contribution is 2.41. The number of nitrogens with one attached hydrogen (secondary N) is 1. The number of amides is 2. The predicted octanol–water partition coefficient (Wildman–Crippen LogP) is 2.29. The molecule has 1 aliphatic carbocycles. The Morgan fingerprint density at radius 1 is 1.35 bits per heavy atom. The molecule has 2 atom stereocenters. The average Bonchev–Trinajstić information content (AvgIpc) is 3.43. The van der Waals surface area contributed by atoms with E-state index in [2.05, 4.69) is 10.3 Å². The second kappa shape index (κ2) is 8.94. The minimum Gasteiger partial charge on any atom is -0.362 e. The molecule has 1 aromatic carbocycles. The summed E-state index contributed by atoms with van der Waals surface area (Å²) in [6.45, 7) is 1.19. The van der Waals surface area contributed by atoms with Crippen LogP contribution in [-0.4, -0.2) is 41.4 Å². The minimum atomic E-state index is -1.13. The van der Waals surface area contributed by atoms with Crippen molar-refractivity contribution in [3.8, 4) is 0 Å². The van der Waals surface area contributed by atoms with Crippen LogP contribution in [0, 0.1) is 0 Å². The summed E-state index contributed by atoms with van der Waals surface area (Å²) in [6, 6.07) is 8.76. The Balaban J connectivity index is 1.51. The van der Waals surface area contributed by atoms with Crippen LogP contribution in [0.15, 0.2) is 36.5 Å². The number of hydrogen-bond acceptors (Lipinski definition) is 5. The summed E-state index contributed by atoms with van der Waals surface area (Å²) < 4.78 is 5.79. The van der Waals surface area contributed by atoms with Crippen molar-refractivity contribution in [1.82, 2.24) is 15.2 Å². The third-order valence-electron chi connectivity index (χ3n) is 6.37. The standard InChI is InChI=1S/C23H27ClN4O3/c1-31-23(9-8-15-4-2-10-26-20(15)23)22(30)28-11-3-5-19(28)21(29)27-14-17-12-18(24)7-6-16(17)13-25/h2,4,6-7,10,12,19H,3,5,8-9,11,13-14,25H2,1H3,(H,27,29)/t19-,23?/m0/s1. The van der Waals surface area contributed by atoms with Gasteiger partial charge in [-0.25, -0.2) is 0 Å². The predicted molar refractivity (Wildman–Crippen MR) is 117 cm³/mol. The van der Waals surface area contributed by atoms with Crippen LogP contribution in [0.4, 0.5) is 0 Å². The number of benzene rings is 1. The number of aryl methyl sites for hydroxylation is 1. The molecule has 2 amide bonds. The third-order valence-corrected chi connectivity index (χ3v) is 6.61. The van der Waals surface area contributed by atoms with E-state index in [0.717, 1.165) is 29.5 Å². The van der Waals surface area contributed by atoms with E-state index in [-0.39, 0.29) is 11.8 Å². The second-order valence-corrected chi connectivity index (χ2v) is 8.47. The van der Waals surface area contributed by atoms with Gasteiger partial charge < -0.3 is 20.7 Å². The normalized spacial score (nSPS) is 22.4. The molecule has 1 aliphatic heterocycles. The van der Waals surface area contributed by atoms with Gasteiger partial charge in [-0.05, 0) is 60.6 Å². The largest absolute Gasteiger partial charge is 0.362 e. The Morgan fingerprint density at radius 3 is 2.97 bits per heavy atom. The van der Waals surface area contributed by atoms with Crippen molar-refractivity contribution in [3.63, 3.8) is 0 Å². The molecule has 0 bridgehead atoms. The first-order valence-corrected chi connectivity index (χ1v) is 10.9. The van der Waals surface area contributed by atoms with E-state index < -0.39 is 11.6 Å². The monoisotopic (exact) mass is 442 g/mol. The van der Waals surface area contributed by atoms with Gasteiger partial charge in [-0.1, -0.05) is 23.7 Å². The van der Waals surface area contributed by atoms with Crippen molar-refractivity contribution in [2.75, 3.05) is 13.7 Å². The van der Waals surface area contributed by atoms with Gasteiger partial charge in [-0.15, -0.1) is 0 Å². The van der Waals surface area contributed by atoms with Gasteiger partial charge in [0.15, 0.2) is 5.60 Å². The number of carbonyl (C=O) groups is 2. The third kappa shape index (κ3) is 3.93. The lowest BCUT2D eigenvalue weighted by Crippen LogP contribution is -2.53. The van der Waals surface area contributed by atoms with E-state index in [9.17, 15) is 9.59 Å². The summed E-state index contributed by atoms with van der Waals surface area (Å²) in [5, 5.41) is 3.56. The van der Waals surface area contributed by atoms with Gasteiger partial charge in [0, 0.05) is 38.0 Å². The van der Waals surface area contributed by atoms with E-state index in [1.54, 1.807) is 24.3 Å². The number of nitrogens with two attached hydrogens (primary N) is 1. The summed E-state index contributed by atoms with van der Waals surface area (Å²) >= 11 is 6.10. The molecular weight excluding hydrogens is 416 g/mol. The van der Waals surface area contributed by atoms with Crippen LogP contribution >= 0.6 is 11.6 Å². The highest BCUT2D eigenvalue weighted by molar-refractivity contribution is 6.30. The Labute approximate surface area is 186 Å². The number of nitrogens with zero attached hydrogens (tertiary/aromatic N) is 2. The van der Waals surface area contributed by atoms with Crippen LogP contribution in [0.3, 0.4) is 0 Å². The molecule has 1 unspecified atom stereocenters. The van der Waals surface area contributed by atoms with E-state index in [4.69, 9.17) is 22.1 Å². The van der Waals surface area contributed by atoms with E-state index >= 15 is 0 Å². The summed E-state index contributed by atoms with van der Waals surface area (Å²) in [7, 11) is 1.54. The zero-order valence-corrected chi connectivity index (χ0v) is 18.3. The molecule has 3 N–H and O–H groups in total. The van der Waals surface area contributed by atoms with Gasteiger partial charge in [0.2, 0.25) is 5.91 Å². The molecule has 1 saturated heterocycles. The number of aromatic nitrogens is 1. The first kappa shape index (κ1) is 21.7. The molecule has 8 heteroatoms. The fourth-order valence-corrected chi connectivity index (χ4v) is 4.89. The van der Waals surface area contributed by atoms with E-state index in [1.165, 1.54) is 0 Å². The molecule has 1 fully saturated rings. The topological polar surface area (TPSA) is 97.5 Å². The number of fused-ring (bicyclic) bond motifs is 1. The molecule has 31 heavy (non-hydrogen) atoms. The molecule has 4 rings (SSSR count). The van der Waals surface area contributed by atoms with Crippen LogP contribution in [0.5, 0.6) is 0 Å². The Kier molecular flexibility index (Phi) is 6.27. The summed E-state index contributed by atoms with van der Waals surface area (Å²) in [4.78, 5) is 32.8. The molecule has 1 aromatic heterocycles. The quantitative estimate of drug-likeness (QED) is 0.715. The van der Waals surface area contributed by atoms with Crippen LogP contribution in [0.2, 0.25) is 5.02 Å². The van der Waals surface area contributed by atoms with Crippen LogP contribution in [0.1, 0.15) is 41.6 Å². The van der Waals surface area contributed by atoms with Gasteiger partial charge in [0.25, 0.3) is 5.91 Å². The van der Waals surface area contributed by atoms with Gasteiger partial charge in [-0.3, -0.25) is 14.6 Å².